The molecule has 0 fully saturated rings. The van der Waals surface area contributed by atoms with Gasteiger partial charge in [-0.25, -0.2) is 0 Å². The van der Waals surface area contributed by atoms with Crippen molar-refractivity contribution in [2.75, 3.05) is 30.4 Å². The van der Waals surface area contributed by atoms with E-state index >= 15 is 0 Å². The third kappa shape index (κ3) is 5.32. The number of carbonyl (C=O) groups excluding carboxylic acids is 1. The molecule has 29 heavy (non-hydrogen) atoms. The van der Waals surface area contributed by atoms with E-state index in [9.17, 15) is 20.2 Å². The molecule has 2 aromatic rings. The number of hydrogen-bond acceptors (Lipinski definition) is 6. The van der Waals surface area contributed by atoms with Crippen molar-refractivity contribution >= 4 is 29.0 Å². The molecule has 0 spiro atoms. The summed E-state index contributed by atoms with van der Waals surface area (Å²) in [6, 6.07) is 13.0. The van der Waals surface area contributed by atoms with E-state index in [1.807, 2.05) is 24.8 Å². The predicted octanol–water partition coefficient (Wildman–Crippen LogP) is 4.00. The Labute approximate surface area is 169 Å². The Morgan fingerprint density at radius 2 is 1.90 bits per heavy atom. The number of anilines is 2. The third-order valence-corrected chi connectivity index (χ3v) is 4.34. The lowest BCUT2D eigenvalue weighted by Crippen LogP contribution is -2.22. The van der Waals surface area contributed by atoms with Crippen LogP contribution in [-0.2, 0) is 4.79 Å². The van der Waals surface area contributed by atoms with E-state index in [1.165, 1.54) is 25.3 Å². The lowest BCUT2D eigenvalue weighted by molar-refractivity contribution is -0.384. The van der Waals surface area contributed by atoms with Crippen LogP contribution in [0.3, 0.4) is 0 Å². The number of nitrogens with one attached hydrogen (secondary N) is 1. The number of nitro benzene ring substituents is 1. The van der Waals surface area contributed by atoms with Crippen molar-refractivity contribution in [2.24, 2.45) is 0 Å². The van der Waals surface area contributed by atoms with E-state index in [1.54, 1.807) is 30.3 Å². The molecule has 8 nitrogen and oxygen atoms in total. The van der Waals surface area contributed by atoms with Gasteiger partial charge >= 0.3 is 0 Å². The van der Waals surface area contributed by atoms with Gasteiger partial charge in [0.15, 0.2) is 0 Å². The standard InChI is InChI=1S/C21H22N4O4/c1-4-24(5-2)20-11-8-18(25(27)28)13-15(20)12-16(14-22)21(26)23-17-6-9-19(29-3)10-7-17/h6-13H,4-5H2,1-3H3,(H,23,26)/b16-12+. The van der Waals surface area contributed by atoms with Gasteiger partial charge in [0.1, 0.15) is 17.4 Å². The molecule has 2 rings (SSSR count). The van der Waals surface area contributed by atoms with Crippen LogP contribution in [0.25, 0.3) is 6.08 Å². The average Bonchev–Trinajstić information content (AvgIpc) is 2.73. The molecule has 0 heterocycles. The molecule has 0 aromatic heterocycles. The zero-order chi connectivity index (χ0) is 21.4. The summed E-state index contributed by atoms with van der Waals surface area (Å²) in [5.41, 5.74) is 1.38. The first-order valence-electron chi connectivity index (χ1n) is 9.04. The molecule has 0 bridgehead atoms. The van der Waals surface area contributed by atoms with Gasteiger partial charge in [-0.15, -0.1) is 0 Å². The Hall–Kier alpha value is -3.86. The van der Waals surface area contributed by atoms with Crippen molar-refractivity contribution in [1.29, 1.82) is 5.26 Å². The smallest absolute Gasteiger partial charge is 0.270 e. The van der Waals surface area contributed by atoms with Gasteiger partial charge in [0, 0.05) is 42.2 Å². The molecule has 0 aliphatic carbocycles. The third-order valence-electron chi connectivity index (χ3n) is 4.34. The average molecular weight is 394 g/mol. The van der Waals surface area contributed by atoms with Gasteiger partial charge < -0.3 is 15.0 Å². The van der Waals surface area contributed by atoms with E-state index in [0.717, 1.165) is 0 Å². The van der Waals surface area contributed by atoms with Crippen LogP contribution >= 0.6 is 0 Å². The summed E-state index contributed by atoms with van der Waals surface area (Å²) in [5.74, 6) is 0.0363. The topological polar surface area (TPSA) is 108 Å². The van der Waals surface area contributed by atoms with Crippen molar-refractivity contribution in [3.05, 3.63) is 63.7 Å². The highest BCUT2D eigenvalue weighted by atomic mass is 16.6. The molecule has 0 saturated heterocycles. The Morgan fingerprint density at radius 3 is 2.41 bits per heavy atom. The number of hydrogen-bond donors (Lipinski definition) is 1. The summed E-state index contributed by atoms with van der Waals surface area (Å²) < 4.78 is 5.07. The fourth-order valence-electron chi connectivity index (χ4n) is 2.80. The Kier molecular flexibility index (Phi) is 7.32. The molecule has 0 saturated carbocycles. The van der Waals surface area contributed by atoms with Gasteiger partial charge in [-0.05, 0) is 50.3 Å². The van der Waals surface area contributed by atoms with Gasteiger partial charge in [-0.3, -0.25) is 14.9 Å². The number of amides is 1. The van der Waals surface area contributed by atoms with Gasteiger partial charge in [-0.2, -0.15) is 5.26 Å². The summed E-state index contributed by atoms with van der Waals surface area (Å²) in [6.45, 7) is 5.27. The van der Waals surface area contributed by atoms with Crippen molar-refractivity contribution in [3.63, 3.8) is 0 Å². The lowest BCUT2D eigenvalue weighted by Gasteiger charge is -2.23. The second kappa shape index (κ2) is 9.90. The SMILES string of the molecule is CCN(CC)c1ccc([N+](=O)[O-])cc1/C=C(\C#N)C(=O)Nc1ccc(OC)cc1. The normalized spacial score (nSPS) is 10.8. The van der Waals surface area contributed by atoms with Gasteiger partial charge in [-0.1, -0.05) is 0 Å². The monoisotopic (exact) mass is 394 g/mol. The maximum Gasteiger partial charge on any atom is 0.270 e. The van der Waals surface area contributed by atoms with Crippen LogP contribution in [0.2, 0.25) is 0 Å². The highest BCUT2D eigenvalue weighted by Crippen LogP contribution is 2.28. The number of nitriles is 1. The fraction of sp³-hybridized carbons (Fsp3) is 0.238. The molecular weight excluding hydrogens is 372 g/mol. The predicted molar refractivity (Wildman–Crippen MR) is 112 cm³/mol. The van der Waals surface area contributed by atoms with Crippen LogP contribution in [0.5, 0.6) is 5.75 Å². The van der Waals surface area contributed by atoms with Gasteiger partial charge in [0.25, 0.3) is 11.6 Å². The van der Waals surface area contributed by atoms with E-state index < -0.39 is 10.8 Å². The first-order valence-corrected chi connectivity index (χ1v) is 9.04. The zero-order valence-electron chi connectivity index (χ0n) is 16.5. The minimum atomic E-state index is -0.602. The lowest BCUT2D eigenvalue weighted by atomic mass is 10.1. The minimum Gasteiger partial charge on any atom is -0.497 e. The first kappa shape index (κ1) is 21.4. The summed E-state index contributed by atoms with van der Waals surface area (Å²) in [5, 5.41) is 23.3. The number of ether oxygens (including phenoxy) is 1. The van der Waals surface area contributed by atoms with E-state index in [2.05, 4.69) is 5.32 Å². The molecule has 0 atom stereocenters. The number of benzene rings is 2. The molecule has 1 amide bonds. The largest absolute Gasteiger partial charge is 0.497 e. The van der Waals surface area contributed by atoms with E-state index in [0.29, 0.717) is 35.8 Å². The highest BCUT2D eigenvalue weighted by molar-refractivity contribution is 6.10. The fourth-order valence-corrected chi connectivity index (χ4v) is 2.80. The van der Waals surface area contributed by atoms with Crippen LogP contribution in [0.4, 0.5) is 17.1 Å². The molecular formula is C21H22N4O4. The number of methoxy groups -OCH3 is 1. The molecule has 8 heteroatoms. The Morgan fingerprint density at radius 1 is 1.24 bits per heavy atom. The second-order valence-corrected chi connectivity index (χ2v) is 6.02. The first-order chi connectivity index (χ1) is 13.9. The number of nitrogens with zero attached hydrogens (tertiary/aromatic N) is 3. The number of nitro groups is 1. The Bertz CT molecular complexity index is 958. The zero-order valence-corrected chi connectivity index (χ0v) is 16.5. The van der Waals surface area contributed by atoms with Crippen molar-refractivity contribution < 1.29 is 14.5 Å². The van der Waals surface area contributed by atoms with Crippen molar-refractivity contribution in [3.8, 4) is 11.8 Å². The summed E-state index contributed by atoms with van der Waals surface area (Å²) >= 11 is 0. The Balaban J connectivity index is 2.41. The van der Waals surface area contributed by atoms with E-state index in [-0.39, 0.29) is 11.3 Å². The van der Waals surface area contributed by atoms with Crippen LogP contribution < -0.4 is 15.0 Å². The van der Waals surface area contributed by atoms with Crippen LogP contribution in [-0.4, -0.2) is 31.0 Å². The number of rotatable bonds is 8. The van der Waals surface area contributed by atoms with Crippen molar-refractivity contribution in [1.82, 2.24) is 0 Å². The van der Waals surface area contributed by atoms with Gasteiger partial charge in [0.05, 0.1) is 12.0 Å². The molecule has 0 aliphatic heterocycles. The molecule has 0 radical (unpaired) electrons. The molecule has 0 unspecified atom stereocenters. The quantitative estimate of drug-likeness (QED) is 0.314. The number of non-ortho nitro benzene ring substituents is 1. The molecule has 1 N–H and O–H groups in total. The molecule has 0 aliphatic rings. The summed E-state index contributed by atoms with van der Waals surface area (Å²) in [7, 11) is 1.54. The minimum absolute atomic E-state index is 0.111. The number of carbonyl (C=O) groups is 1. The van der Waals surface area contributed by atoms with Crippen LogP contribution in [0.15, 0.2) is 48.0 Å². The van der Waals surface area contributed by atoms with Crippen LogP contribution in [0.1, 0.15) is 19.4 Å². The summed E-state index contributed by atoms with van der Waals surface area (Å²) in [6.07, 6.45) is 1.37. The second-order valence-electron chi connectivity index (χ2n) is 6.02. The summed E-state index contributed by atoms with van der Waals surface area (Å²) in [4.78, 5) is 25.2. The van der Waals surface area contributed by atoms with Crippen molar-refractivity contribution in [2.45, 2.75) is 13.8 Å². The maximum absolute atomic E-state index is 12.6. The van der Waals surface area contributed by atoms with Crippen LogP contribution in [0, 0.1) is 21.4 Å². The maximum atomic E-state index is 12.6. The molecule has 150 valence electrons. The van der Waals surface area contributed by atoms with E-state index in [4.69, 9.17) is 4.74 Å². The van der Waals surface area contributed by atoms with Gasteiger partial charge in [0.2, 0.25) is 0 Å². The highest BCUT2D eigenvalue weighted by Gasteiger charge is 2.16. The molecule has 2 aromatic carbocycles.